The van der Waals surface area contributed by atoms with Crippen LogP contribution in [0.1, 0.15) is 29.8 Å². The van der Waals surface area contributed by atoms with E-state index in [4.69, 9.17) is 9.47 Å². The summed E-state index contributed by atoms with van der Waals surface area (Å²) in [4.78, 5) is 11.7. The lowest BCUT2D eigenvalue weighted by molar-refractivity contribution is 0.00400. The Bertz CT molecular complexity index is 390. The van der Waals surface area contributed by atoms with Gasteiger partial charge in [0.1, 0.15) is 11.9 Å². The van der Waals surface area contributed by atoms with E-state index in [0.29, 0.717) is 13.2 Å². The lowest BCUT2D eigenvalue weighted by Gasteiger charge is -2.13. The Balaban J connectivity index is 2.66. The number of benzene rings is 1. The van der Waals surface area contributed by atoms with Crippen LogP contribution >= 0.6 is 0 Å². The van der Waals surface area contributed by atoms with Gasteiger partial charge in [0, 0.05) is 6.61 Å². The molecule has 1 rings (SSSR count). The summed E-state index contributed by atoms with van der Waals surface area (Å²) < 4.78 is 23.6. The number of hydrogen-bond acceptors (Lipinski definition) is 3. The summed E-state index contributed by atoms with van der Waals surface area (Å²) in [5.41, 5.74) is 0.782. The Morgan fingerprint density at radius 2 is 2.18 bits per heavy atom. The van der Waals surface area contributed by atoms with Crippen LogP contribution in [-0.4, -0.2) is 25.3 Å². The summed E-state index contributed by atoms with van der Waals surface area (Å²) in [6.07, 6.45) is -0.387. The molecule has 1 aromatic carbocycles. The van der Waals surface area contributed by atoms with Gasteiger partial charge in [-0.15, -0.1) is 0 Å². The number of carbonyl (C=O) groups excluding carboxylic acids is 1. The van der Waals surface area contributed by atoms with E-state index in [1.54, 1.807) is 19.9 Å². The summed E-state index contributed by atoms with van der Waals surface area (Å²) in [5.74, 6) is -1.22. The standard InChI is InChI=1S/C13H17FO3/c1-4-16-8-10(3)17-13(15)11-7-9(2)5-6-12(11)14/h5-7,10H,4,8H2,1-3H3. The summed E-state index contributed by atoms with van der Waals surface area (Å²) in [6.45, 7) is 6.23. The van der Waals surface area contributed by atoms with Crippen molar-refractivity contribution >= 4 is 5.97 Å². The summed E-state index contributed by atoms with van der Waals surface area (Å²) >= 11 is 0. The molecular weight excluding hydrogens is 223 g/mol. The van der Waals surface area contributed by atoms with Crippen molar-refractivity contribution in [1.82, 2.24) is 0 Å². The van der Waals surface area contributed by atoms with Crippen molar-refractivity contribution in [3.63, 3.8) is 0 Å². The second-order valence-electron chi connectivity index (χ2n) is 3.86. The van der Waals surface area contributed by atoms with Gasteiger partial charge < -0.3 is 9.47 Å². The fourth-order valence-corrected chi connectivity index (χ4v) is 1.36. The molecule has 0 bridgehead atoms. The smallest absolute Gasteiger partial charge is 0.341 e. The average Bonchev–Trinajstić information content (AvgIpc) is 2.29. The summed E-state index contributed by atoms with van der Waals surface area (Å²) in [6, 6.07) is 4.35. The highest BCUT2D eigenvalue weighted by Crippen LogP contribution is 2.12. The molecule has 0 fully saturated rings. The van der Waals surface area contributed by atoms with Crippen molar-refractivity contribution in [3.8, 4) is 0 Å². The van der Waals surface area contributed by atoms with E-state index in [9.17, 15) is 9.18 Å². The van der Waals surface area contributed by atoms with Crippen molar-refractivity contribution in [2.24, 2.45) is 0 Å². The molecule has 0 radical (unpaired) electrons. The van der Waals surface area contributed by atoms with E-state index >= 15 is 0 Å². The van der Waals surface area contributed by atoms with Gasteiger partial charge in [0.05, 0.1) is 12.2 Å². The zero-order chi connectivity index (χ0) is 12.8. The van der Waals surface area contributed by atoms with Gasteiger partial charge in [0.15, 0.2) is 0 Å². The first-order chi connectivity index (χ1) is 8.04. The maximum absolute atomic E-state index is 13.4. The van der Waals surface area contributed by atoms with Crippen LogP contribution < -0.4 is 0 Å². The van der Waals surface area contributed by atoms with Crippen molar-refractivity contribution in [3.05, 3.63) is 35.1 Å². The van der Waals surface area contributed by atoms with Crippen molar-refractivity contribution in [2.45, 2.75) is 26.9 Å². The molecule has 17 heavy (non-hydrogen) atoms. The minimum absolute atomic E-state index is 0.0339. The molecule has 4 heteroatoms. The van der Waals surface area contributed by atoms with E-state index < -0.39 is 11.8 Å². The molecule has 1 atom stereocenters. The number of halogens is 1. The second-order valence-corrected chi connectivity index (χ2v) is 3.86. The molecule has 0 saturated carbocycles. The van der Waals surface area contributed by atoms with Crippen molar-refractivity contribution < 1.29 is 18.7 Å². The van der Waals surface area contributed by atoms with E-state index in [1.165, 1.54) is 12.1 Å². The SMILES string of the molecule is CCOCC(C)OC(=O)c1cc(C)ccc1F. The fourth-order valence-electron chi connectivity index (χ4n) is 1.36. The van der Waals surface area contributed by atoms with Gasteiger partial charge in [-0.2, -0.15) is 0 Å². The zero-order valence-electron chi connectivity index (χ0n) is 10.3. The van der Waals surface area contributed by atoms with Crippen LogP contribution in [0, 0.1) is 12.7 Å². The highest BCUT2D eigenvalue weighted by Gasteiger charge is 2.16. The monoisotopic (exact) mass is 240 g/mol. The van der Waals surface area contributed by atoms with Crippen LogP contribution in [0.15, 0.2) is 18.2 Å². The highest BCUT2D eigenvalue weighted by molar-refractivity contribution is 5.90. The van der Waals surface area contributed by atoms with E-state index in [-0.39, 0.29) is 11.7 Å². The molecule has 0 aromatic heterocycles. The van der Waals surface area contributed by atoms with Crippen LogP contribution in [0.2, 0.25) is 0 Å². The molecule has 0 N–H and O–H groups in total. The third-order valence-corrected chi connectivity index (χ3v) is 2.21. The lowest BCUT2D eigenvalue weighted by atomic mass is 10.1. The maximum Gasteiger partial charge on any atom is 0.341 e. The Morgan fingerprint density at radius 3 is 2.82 bits per heavy atom. The first kappa shape index (κ1) is 13.6. The summed E-state index contributed by atoms with van der Waals surface area (Å²) in [5, 5.41) is 0. The van der Waals surface area contributed by atoms with Crippen molar-refractivity contribution in [2.75, 3.05) is 13.2 Å². The predicted octanol–water partition coefficient (Wildman–Crippen LogP) is 2.72. The van der Waals surface area contributed by atoms with Gasteiger partial charge in [-0.25, -0.2) is 9.18 Å². The minimum Gasteiger partial charge on any atom is -0.457 e. The van der Waals surface area contributed by atoms with E-state index in [0.717, 1.165) is 5.56 Å². The van der Waals surface area contributed by atoms with Gasteiger partial charge in [0.2, 0.25) is 0 Å². The maximum atomic E-state index is 13.4. The number of rotatable bonds is 5. The molecule has 94 valence electrons. The van der Waals surface area contributed by atoms with Gasteiger partial charge in [0.25, 0.3) is 0 Å². The van der Waals surface area contributed by atoms with Gasteiger partial charge >= 0.3 is 5.97 Å². The number of carbonyl (C=O) groups is 1. The van der Waals surface area contributed by atoms with Crippen LogP contribution in [-0.2, 0) is 9.47 Å². The molecule has 0 heterocycles. The second kappa shape index (κ2) is 6.35. The predicted molar refractivity (Wildman–Crippen MR) is 62.5 cm³/mol. The molecule has 0 amide bonds. The van der Waals surface area contributed by atoms with E-state index in [2.05, 4.69) is 0 Å². The largest absolute Gasteiger partial charge is 0.457 e. The average molecular weight is 240 g/mol. The minimum atomic E-state index is -0.654. The molecule has 1 aromatic rings. The van der Waals surface area contributed by atoms with Gasteiger partial charge in [-0.3, -0.25) is 0 Å². The lowest BCUT2D eigenvalue weighted by Crippen LogP contribution is -2.21. The van der Waals surface area contributed by atoms with Crippen LogP contribution in [0.3, 0.4) is 0 Å². The Labute approximate surface area is 101 Å². The molecule has 3 nitrogen and oxygen atoms in total. The molecule has 0 aliphatic carbocycles. The Morgan fingerprint density at radius 1 is 1.47 bits per heavy atom. The first-order valence-corrected chi connectivity index (χ1v) is 5.59. The quantitative estimate of drug-likeness (QED) is 0.742. The first-order valence-electron chi connectivity index (χ1n) is 5.59. The van der Waals surface area contributed by atoms with Crippen LogP contribution in [0.25, 0.3) is 0 Å². The third kappa shape index (κ3) is 4.15. The molecule has 0 saturated heterocycles. The molecule has 0 aliphatic heterocycles. The third-order valence-electron chi connectivity index (χ3n) is 2.21. The van der Waals surface area contributed by atoms with Crippen molar-refractivity contribution in [1.29, 1.82) is 0 Å². The van der Waals surface area contributed by atoms with Gasteiger partial charge in [-0.05, 0) is 32.9 Å². The zero-order valence-corrected chi connectivity index (χ0v) is 10.3. The normalized spacial score (nSPS) is 12.2. The van der Waals surface area contributed by atoms with E-state index in [1.807, 2.05) is 6.92 Å². The van der Waals surface area contributed by atoms with Crippen LogP contribution in [0.5, 0.6) is 0 Å². The summed E-state index contributed by atoms with van der Waals surface area (Å²) in [7, 11) is 0. The number of hydrogen-bond donors (Lipinski definition) is 0. The number of ether oxygens (including phenoxy) is 2. The van der Waals surface area contributed by atoms with Crippen LogP contribution in [0.4, 0.5) is 4.39 Å². The molecule has 0 spiro atoms. The molecule has 1 unspecified atom stereocenters. The number of esters is 1. The molecule has 0 aliphatic rings. The Hall–Kier alpha value is -1.42. The fraction of sp³-hybridized carbons (Fsp3) is 0.462. The highest BCUT2D eigenvalue weighted by atomic mass is 19.1. The van der Waals surface area contributed by atoms with Gasteiger partial charge in [-0.1, -0.05) is 11.6 Å². The molecular formula is C13H17FO3. The number of aryl methyl sites for hydroxylation is 1. The Kier molecular flexibility index (Phi) is 5.10. The topological polar surface area (TPSA) is 35.5 Å².